The van der Waals surface area contributed by atoms with Crippen LogP contribution in [-0.2, 0) is 4.74 Å². The van der Waals surface area contributed by atoms with Crippen LogP contribution in [0.2, 0.25) is 0 Å². The summed E-state index contributed by atoms with van der Waals surface area (Å²) in [6.07, 6.45) is 0.897. The highest BCUT2D eigenvalue weighted by atomic mass is 16.6. The summed E-state index contributed by atoms with van der Waals surface area (Å²) in [4.78, 5) is 13.9. The van der Waals surface area contributed by atoms with Crippen LogP contribution < -0.4 is 5.32 Å². The molecule has 1 unspecified atom stereocenters. The number of hydrogen-bond donors (Lipinski definition) is 1. The van der Waals surface area contributed by atoms with E-state index < -0.39 is 5.60 Å². The molecular weight excluding hydrogens is 228 g/mol. The summed E-state index contributed by atoms with van der Waals surface area (Å²) in [7, 11) is 0. The van der Waals surface area contributed by atoms with Crippen LogP contribution in [0.4, 0.5) is 4.79 Å². The molecule has 1 N–H and O–H groups in total. The second-order valence-corrected chi connectivity index (χ2v) is 6.78. The van der Waals surface area contributed by atoms with Crippen LogP contribution in [0.5, 0.6) is 0 Å². The molecule has 106 valence electrons. The molecule has 0 aromatic carbocycles. The van der Waals surface area contributed by atoms with Crippen LogP contribution in [0.1, 0.15) is 48.0 Å². The molecule has 4 nitrogen and oxygen atoms in total. The number of rotatable bonds is 2. The maximum absolute atomic E-state index is 12.1. The Morgan fingerprint density at radius 3 is 2.50 bits per heavy atom. The highest BCUT2D eigenvalue weighted by Crippen LogP contribution is 2.16. The van der Waals surface area contributed by atoms with E-state index in [1.165, 1.54) is 0 Å². The molecule has 0 radical (unpaired) electrons. The lowest BCUT2D eigenvalue weighted by Gasteiger charge is -2.38. The third-order valence-electron chi connectivity index (χ3n) is 2.86. The average Bonchev–Trinajstić information content (AvgIpc) is 2.12. The molecule has 0 aromatic heterocycles. The van der Waals surface area contributed by atoms with Crippen molar-refractivity contribution in [3.8, 4) is 0 Å². The summed E-state index contributed by atoms with van der Waals surface area (Å²) >= 11 is 0. The first kappa shape index (κ1) is 15.3. The molecule has 1 amide bonds. The molecule has 1 rings (SSSR count). The van der Waals surface area contributed by atoms with E-state index >= 15 is 0 Å². The van der Waals surface area contributed by atoms with Crippen LogP contribution in [-0.4, -0.2) is 41.8 Å². The Labute approximate surface area is 111 Å². The van der Waals surface area contributed by atoms with Crippen molar-refractivity contribution in [2.75, 3.05) is 13.1 Å². The Morgan fingerprint density at radius 2 is 2.00 bits per heavy atom. The Hall–Kier alpha value is -0.770. The Kier molecular flexibility index (Phi) is 5.02. The largest absolute Gasteiger partial charge is 0.444 e. The zero-order valence-electron chi connectivity index (χ0n) is 12.6. The number of carbonyl (C=O) groups excluding carboxylic acids is 1. The quantitative estimate of drug-likeness (QED) is 0.826. The van der Waals surface area contributed by atoms with Gasteiger partial charge >= 0.3 is 6.09 Å². The van der Waals surface area contributed by atoms with Crippen molar-refractivity contribution < 1.29 is 9.53 Å². The molecule has 0 saturated carbocycles. The van der Waals surface area contributed by atoms with E-state index in [9.17, 15) is 4.79 Å². The van der Waals surface area contributed by atoms with Crippen LogP contribution >= 0.6 is 0 Å². The third-order valence-corrected chi connectivity index (χ3v) is 2.86. The van der Waals surface area contributed by atoms with Crippen LogP contribution in [0, 0.1) is 5.92 Å². The summed E-state index contributed by atoms with van der Waals surface area (Å²) < 4.78 is 5.44. The Morgan fingerprint density at radius 1 is 1.39 bits per heavy atom. The lowest BCUT2D eigenvalue weighted by Crippen LogP contribution is -2.57. The Balaban J connectivity index is 2.57. The summed E-state index contributed by atoms with van der Waals surface area (Å²) in [5.41, 5.74) is -0.418. The number of amides is 1. The summed E-state index contributed by atoms with van der Waals surface area (Å²) in [6, 6.07) is 0.705. The van der Waals surface area contributed by atoms with Crippen LogP contribution in [0.3, 0.4) is 0 Å². The summed E-state index contributed by atoms with van der Waals surface area (Å²) in [6.45, 7) is 13.7. The van der Waals surface area contributed by atoms with E-state index in [1.807, 2.05) is 25.7 Å². The lowest BCUT2D eigenvalue weighted by atomic mass is 10.0. The van der Waals surface area contributed by atoms with Crippen LogP contribution in [0.15, 0.2) is 0 Å². The van der Waals surface area contributed by atoms with E-state index in [4.69, 9.17) is 4.74 Å². The first-order valence-corrected chi connectivity index (χ1v) is 6.91. The van der Waals surface area contributed by atoms with E-state index in [-0.39, 0.29) is 6.09 Å². The highest BCUT2D eigenvalue weighted by molar-refractivity contribution is 5.68. The minimum atomic E-state index is -0.418. The van der Waals surface area contributed by atoms with Crippen molar-refractivity contribution in [3.63, 3.8) is 0 Å². The standard InChI is InChI=1S/C14H28N2O2/c1-10(2)7-12-9-16(8-11(3)15-12)13(17)18-14(4,5)6/h10-12,15H,7-9H2,1-6H3/t11-,12?/m1/s1. The molecule has 1 aliphatic heterocycles. The number of ether oxygens (including phenoxy) is 1. The van der Waals surface area contributed by atoms with E-state index in [1.54, 1.807) is 0 Å². The van der Waals surface area contributed by atoms with Crippen molar-refractivity contribution in [2.24, 2.45) is 5.92 Å². The van der Waals surface area contributed by atoms with Gasteiger partial charge in [-0.3, -0.25) is 0 Å². The van der Waals surface area contributed by atoms with Gasteiger partial charge < -0.3 is 15.0 Å². The number of nitrogens with one attached hydrogen (secondary N) is 1. The van der Waals surface area contributed by atoms with Gasteiger partial charge in [-0.1, -0.05) is 13.8 Å². The van der Waals surface area contributed by atoms with Gasteiger partial charge in [-0.2, -0.15) is 0 Å². The third kappa shape index (κ3) is 5.25. The van der Waals surface area contributed by atoms with E-state index in [2.05, 4.69) is 26.1 Å². The monoisotopic (exact) mass is 256 g/mol. The molecule has 1 fully saturated rings. The molecule has 1 heterocycles. The van der Waals surface area contributed by atoms with Crippen molar-refractivity contribution in [1.29, 1.82) is 0 Å². The van der Waals surface area contributed by atoms with E-state index in [0.717, 1.165) is 19.5 Å². The molecule has 1 saturated heterocycles. The fourth-order valence-corrected chi connectivity index (χ4v) is 2.37. The van der Waals surface area contributed by atoms with Gasteiger partial charge in [-0.15, -0.1) is 0 Å². The van der Waals surface area contributed by atoms with Gasteiger partial charge in [0, 0.05) is 25.2 Å². The predicted octanol–water partition coefficient (Wildman–Crippen LogP) is 2.63. The predicted molar refractivity (Wildman–Crippen MR) is 73.6 cm³/mol. The molecule has 18 heavy (non-hydrogen) atoms. The van der Waals surface area contributed by atoms with Crippen molar-refractivity contribution in [1.82, 2.24) is 10.2 Å². The SMILES string of the molecule is CC(C)CC1CN(C(=O)OC(C)(C)C)C[C@@H](C)N1. The Bertz CT molecular complexity index is 282. The van der Waals surface area contributed by atoms with Gasteiger partial charge in [0.1, 0.15) is 5.60 Å². The second kappa shape index (κ2) is 5.91. The fraction of sp³-hybridized carbons (Fsp3) is 0.929. The first-order chi connectivity index (χ1) is 8.17. The van der Waals surface area contributed by atoms with Gasteiger partial charge in [0.15, 0.2) is 0 Å². The van der Waals surface area contributed by atoms with Crippen molar-refractivity contribution in [2.45, 2.75) is 65.6 Å². The zero-order valence-corrected chi connectivity index (χ0v) is 12.6. The van der Waals surface area contributed by atoms with Gasteiger partial charge in [0.05, 0.1) is 0 Å². The van der Waals surface area contributed by atoms with E-state index in [0.29, 0.717) is 18.0 Å². The molecule has 1 aliphatic rings. The highest BCUT2D eigenvalue weighted by Gasteiger charge is 2.30. The lowest BCUT2D eigenvalue weighted by molar-refractivity contribution is 0.0151. The number of carbonyl (C=O) groups is 1. The first-order valence-electron chi connectivity index (χ1n) is 6.91. The summed E-state index contributed by atoms with van der Waals surface area (Å²) in [5, 5.41) is 3.55. The van der Waals surface area contributed by atoms with Gasteiger partial charge in [-0.25, -0.2) is 4.79 Å². The minimum Gasteiger partial charge on any atom is -0.444 e. The number of piperazine rings is 1. The molecule has 0 spiro atoms. The topological polar surface area (TPSA) is 41.6 Å². The van der Waals surface area contributed by atoms with Gasteiger partial charge in [0.25, 0.3) is 0 Å². The smallest absolute Gasteiger partial charge is 0.410 e. The van der Waals surface area contributed by atoms with Crippen LogP contribution in [0.25, 0.3) is 0 Å². The zero-order chi connectivity index (χ0) is 13.9. The fourth-order valence-electron chi connectivity index (χ4n) is 2.37. The number of hydrogen-bond acceptors (Lipinski definition) is 3. The number of nitrogens with zero attached hydrogens (tertiary/aromatic N) is 1. The second-order valence-electron chi connectivity index (χ2n) is 6.78. The molecule has 0 aromatic rings. The minimum absolute atomic E-state index is 0.190. The molecule has 0 bridgehead atoms. The average molecular weight is 256 g/mol. The van der Waals surface area contributed by atoms with Crippen molar-refractivity contribution >= 4 is 6.09 Å². The summed E-state index contributed by atoms with van der Waals surface area (Å²) in [5.74, 6) is 0.633. The van der Waals surface area contributed by atoms with Gasteiger partial charge in [-0.05, 0) is 40.0 Å². The molecule has 0 aliphatic carbocycles. The molecular formula is C14H28N2O2. The maximum atomic E-state index is 12.1. The van der Waals surface area contributed by atoms with Crippen molar-refractivity contribution in [3.05, 3.63) is 0 Å². The molecule has 4 heteroatoms. The normalized spacial score (nSPS) is 25.4. The maximum Gasteiger partial charge on any atom is 0.410 e. The van der Waals surface area contributed by atoms with Gasteiger partial charge in [0.2, 0.25) is 0 Å². The molecule has 2 atom stereocenters.